The Kier molecular flexibility index (Phi) is 9.07. The number of nitrogens with one attached hydrogen (secondary N) is 2. The van der Waals surface area contributed by atoms with Gasteiger partial charge < -0.3 is 24.8 Å². The van der Waals surface area contributed by atoms with Crippen molar-refractivity contribution >= 4 is 29.2 Å². The Bertz CT molecular complexity index is 1910. The molecule has 7 rings (SSSR count). The van der Waals surface area contributed by atoms with E-state index in [2.05, 4.69) is 30.8 Å². The minimum Gasteiger partial charge on any atom is -0.465 e. The molecule has 2 fully saturated rings. The van der Waals surface area contributed by atoms with E-state index in [4.69, 9.17) is 24.2 Å². The molecule has 2 aliphatic heterocycles. The fourth-order valence-electron chi connectivity index (χ4n) is 6.07. The fourth-order valence-corrected chi connectivity index (χ4v) is 6.07. The van der Waals surface area contributed by atoms with Gasteiger partial charge in [-0.1, -0.05) is 6.07 Å². The minimum absolute atomic E-state index is 0.200. The lowest BCUT2D eigenvalue weighted by Gasteiger charge is -2.22. The minimum atomic E-state index is -0.450. The van der Waals surface area contributed by atoms with Crippen molar-refractivity contribution in [1.29, 1.82) is 0 Å². The zero-order valence-corrected chi connectivity index (χ0v) is 27.2. The molecule has 0 aliphatic carbocycles. The molecule has 248 valence electrons. The standard InChI is InChI=1S/C34H38N10O4/c1-21-13-35-33(39-24-15-37-43(17-24)26-6-4-10-47-19-26)41-30(21)28-9-8-23(32(45)46-3)12-29(28)31-22(2)14-36-34(42-31)40-25-16-38-44(18-25)27-7-5-11-48-20-27/h8-9,12-18,26-27H,4-7,10-11,19-20H2,1-3H3,(H,35,39,41)(H,36,40,42). The third-order valence-electron chi connectivity index (χ3n) is 8.63. The van der Waals surface area contributed by atoms with Crippen molar-refractivity contribution in [2.24, 2.45) is 0 Å². The van der Waals surface area contributed by atoms with Crippen LogP contribution in [-0.2, 0) is 14.2 Å². The summed E-state index contributed by atoms with van der Waals surface area (Å²) in [6.45, 7) is 6.76. The van der Waals surface area contributed by atoms with E-state index in [1.165, 1.54) is 7.11 Å². The molecule has 0 amide bonds. The molecule has 2 unspecified atom stereocenters. The first kappa shape index (κ1) is 31.4. The maximum absolute atomic E-state index is 12.7. The SMILES string of the molecule is COC(=O)c1ccc(-c2nc(Nc3cnn(C4CCCOC4)c3)ncc2C)c(-c2nc(Nc3cnn(C4CCCOC4)c3)ncc2C)c1. The van der Waals surface area contributed by atoms with Gasteiger partial charge in [-0.15, -0.1) is 0 Å². The molecule has 5 aromatic rings. The Morgan fingerprint density at radius 3 is 1.83 bits per heavy atom. The molecule has 2 aliphatic rings. The normalized spacial score (nSPS) is 18.0. The predicted octanol–water partition coefficient (Wildman–Crippen LogP) is 5.59. The molecule has 14 nitrogen and oxygen atoms in total. The molecular formula is C34H38N10O4. The molecule has 2 atom stereocenters. The predicted molar refractivity (Wildman–Crippen MR) is 179 cm³/mol. The van der Waals surface area contributed by atoms with Crippen molar-refractivity contribution in [2.45, 2.75) is 51.6 Å². The van der Waals surface area contributed by atoms with Gasteiger partial charge in [0.15, 0.2) is 0 Å². The van der Waals surface area contributed by atoms with E-state index < -0.39 is 5.97 Å². The quantitative estimate of drug-likeness (QED) is 0.191. The third-order valence-corrected chi connectivity index (χ3v) is 8.63. The zero-order chi connectivity index (χ0) is 33.0. The summed E-state index contributed by atoms with van der Waals surface area (Å²) in [5.74, 6) is 0.362. The molecule has 0 spiro atoms. The van der Waals surface area contributed by atoms with Crippen molar-refractivity contribution in [3.05, 3.63) is 72.1 Å². The summed E-state index contributed by atoms with van der Waals surface area (Å²) in [6, 6.07) is 5.79. The maximum atomic E-state index is 12.7. The van der Waals surface area contributed by atoms with Crippen molar-refractivity contribution in [3.8, 4) is 22.5 Å². The van der Waals surface area contributed by atoms with E-state index in [-0.39, 0.29) is 12.1 Å². The number of methoxy groups -OCH3 is 1. The van der Waals surface area contributed by atoms with Gasteiger partial charge in [0, 0.05) is 49.1 Å². The first-order chi connectivity index (χ1) is 23.4. The smallest absolute Gasteiger partial charge is 0.337 e. The van der Waals surface area contributed by atoms with Crippen LogP contribution in [0.2, 0.25) is 0 Å². The molecule has 6 heterocycles. The van der Waals surface area contributed by atoms with Crippen LogP contribution in [0.4, 0.5) is 23.3 Å². The monoisotopic (exact) mass is 650 g/mol. The summed E-state index contributed by atoms with van der Waals surface area (Å²) in [5, 5.41) is 15.7. The Balaban J connectivity index is 1.21. The number of hydrogen-bond acceptors (Lipinski definition) is 12. The number of hydrogen-bond donors (Lipinski definition) is 2. The number of ether oxygens (including phenoxy) is 3. The second kappa shape index (κ2) is 13.9. The van der Waals surface area contributed by atoms with Gasteiger partial charge in [-0.05, 0) is 62.8 Å². The summed E-state index contributed by atoms with van der Waals surface area (Å²) in [4.78, 5) is 31.6. The van der Waals surface area contributed by atoms with Gasteiger partial charge in [-0.2, -0.15) is 10.2 Å². The number of carbonyl (C=O) groups is 1. The van der Waals surface area contributed by atoms with Crippen molar-refractivity contribution in [1.82, 2.24) is 39.5 Å². The average Bonchev–Trinajstić information content (AvgIpc) is 3.80. The maximum Gasteiger partial charge on any atom is 0.337 e. The average molecular weight is 651 g/mol. The fraction of sp³-hybridized carbons (Fsp3) is 0.382. The number of nitrogens with zero attached hydrogens (tertiary/aromatic N) is 8. The van der Waals surface area contributed by atoms with Gasteiger partial charge in [0.2, 0.25) is 11.9 Å². The molecule has 0 bridgehead atoms. The van der Waals surface area contributed by atoms with Crippen molar-refractivity contribution < 1.29 is 19.0 Å². The summed E-state index contributed by atoms with van der Waals surface area (Å²) in [7, 11) is 1.36. The van der Waals surface area contributed by atoms with Crippen LogP contribution in [0.5, 0.6) is 0 Å². The van der Waals surface area contributed by atoms with Crippen LogP contribution in [0.15, 0.2) is 55.4 Å². The number of aromatic nitrogens is 8. The highest BCUT2D eigenvalue weighted by atomic mass is 16.5. The van der Waals surface area contributed by atoms with Crippen LogP contribution in [0.3, 0.4) is 0 Å². The summed E-state index contributed by atoms with van der Waals surface area (Å²) in [5.41, 5.74) is 6.42. The van der Waals surface area contributed by atoms with Crippen LogP contribution in [0, 0.1) is 13.8 Å². The Hall–Kier alpha value is -5.21. The Morgan fingerprint density at radius 1 is 0.792 bits per heavy atom. The number of anilines is 4. The van der Waals surface area contributed by atoms with Crippen molar-refractivity contribution in [3.63, 3.8) is 0 Å². The van der Waals surface area contributed by atoms with Gasteiger partial charge >= 0.3 is 5.97 Å². The van der Waals surface area contributed by atoms with E-state index >= 15 is 0 Å². The zero-order valence-electron chi connectivity index (χ0n) is 27.2. The van der Waals surface area contributed by atoms with Gasteiger partial charge in [0.25, 0.3) is 0 Å². The molecule has 0 saturated carbocycles. The van der Waals surface area contributed by atoms with Crippen LogP contribution in [0.1, 0.15) is 59.3 Å². The van der Waals surface area contributed by atoms with Crippen LogP contribution >= 0.6 is 0 Å². The van der Waals surface area contributed by atoms with Crippen LogP contribution < -0.4 is 10.6 Å². The highest BCUT2D eigenvalue weighted by molar-refractivity contribution is 5.94. The van der Waals surface area contributed by atoms with E-state index in [9.17, 15) is 4.79 Å². The van der Waals surface area contributed by atoms with E-state index in [0.717, 1.165) is 67.0 Å². The summed E-state index contributed by atoms with van der Waals surface area (Å²) in [6.07, 6.45) is 15.0. The lowest BCUT2D eigenvalue weighted by Crippen LogP contribution is -2.21. The highest BCUT2D eigenvalue weighted by Gasteiger charge is 2.21. The molecule has 14 heteroatoms. The largest absolute Gasteiger partial charge is 0.465 e. The number of aryl methyl sites for hydroxylation is 2. The van der Waals surface area contributed by atoms with E-state index in [1.54, 1.807) is 36.9 Å². The van der Waals surface area contributed by atoms with Crippen molar-refractivity contribution in [2.75, 3.05) is 44.2 Å². The van der Waals surface area contributed by atoms with Gasteiger partial charge in [-0.25, -0.2) is 24.7 Å². The Morgan fingerprint density at radius 2 is 1.33 bits per heavy atom. The van der Waals surface area contributed by atoms with Crippen LogP contribution in [-0.4, -0.2) is 79.0 Å². The molecule has 2 N–H and O–H groups in total. The third kappa shape index (κ3) is 6.75. The van der Waals surface area contributed by atoms with Crippen LogP contribution in [0.25, 0.3) is 22.5 Å². The highest BCUT2D eigenvalue weighted by Crippen LogP contribution is 2.36. The van der Waals surface area contributed by atoms with E-state index in [1.807, 2.05) is 41.7 Å². The molecule has 48 heavy (non-hydrogen) atoms. The first-order valence-electron chi connectivity index (χ1n) is 16.1. The number of rotatable bonds is 9. The summed E-state index contributed by atoms with van der Waals surface area (Å²) < 4.78 is 20.2. The number of benzene rings is 1. The van der Waals surface area contributed by atoms with Gasteiger partial charge in [-0.3, -0.25) is 9.36 Å². The molecule has 2 saturated heterocycles. The molecular weight excluding hydrogens is 612 g/mol. The molecule has 1 aromatic carbocycles. The first-order valence-corrected chi connectivity index (χ1v) is 16.1. The lowest BCUT2D eigenvalue weighted by atomic mass is 9.95. The lowest BCUT2D eigenvalue weighted by molar-refractivity contribution is 0.0549. The van der Waals surface area contributed by atoms with E-state index in [0.29, 0.717) is 47.6 Å². The number of esters is 1. The second-order valence-corrected chi connectivity index (χ2v) is 12.1. The molecule has 0 radical (unpaired) electrons. The van der Waals surface area contributed by atoms with Gasteiger partial charge in [0.1, 0.15) is 0 Å². The topological polar surface area (TPSA) is 156 Å². The summed E-state index contributed by atoms with van der Waals surface area (Å²) >= 11 is 0. The molecule has 4 aromatic heterocycles. The van der Waals surface area contributed by atoms with Gasteiger partial charge in [0.05, 0.1) is 73.1 Å². The Labute approximate surface area is 277 Å². The number of carbonyl (C=O) groups excluding carboxylic acids is 1. The second-order valence-electron chi connectivity index (χ2n) is 12.1.